The van der Waals surface area contributed by atoms with E-state index in [0.29, 0.717) is 23.8 Å². The van der Waals surface area contributed by atoms with Crippen molar-refractivity contribution in [3.05, 3.63) is 28.8 Å². The number of hydrogen-bond donors (Lipinski definition) is 2. The molecule has 1 spiro atoms. The van der Waals surface area contributed by atoms with E-state index in [4.69, 9.17) is 16.9 Å². The summed E-state index contributed by atoms with van der Waals surface area (Å²) in [6, 6.07) is 5.89. The maximum atomic E-state index is 12.8. The molecule has 1 heterocycles. The van der Waals surface area contributed by atoms with Crippen molar-refractivity contribution in [3.63, 3.8) is 0 Å². The van der Waals surface area contributed by atoms with Crippen LogP contribution in [-0.4, -0.2) is 34.8 Å². The molecule has 2 N–H and O–H groups in total. The van der Waals surface area contributed by atoms with Gasteiger partial charge in [-0.25, -0.2) is 4.79 Å². The molecule has 1 saturated heterocycles. The molecule has 1 aromatic rings. The molecule has 136 valence electrons. The lowest BCUT2D eigenvalue weighted by atomic mass is 9.77. The van der Waals surface area contributed by atoms with Crippen LogP contribution < -0.4 is 10.6 Å². The minimum absolute atomic E-state index is 0.248. The van der Waals surface area contributed by atoms with Crippen LogP contribution in [-0.2, 0) is 9.59 Å². The quantitative estimate of drug-likeness (QED) is 0.794. The Morgan fingerprint density at radius 2 is 2.12 bits per heavy atom. The van der Waals surface area contributed by atoms with Crippen molar-refractivity contribution < 1.29 is 14.4 Å². The van der Waals surface area contributed by atoms with Gasteiger partial charge in [0.15, 0.2) is 0 Å². The van der Waals surface area contributed by atoms with Crippen LogP contribution in [0.25, 0.3) is 0 Å². The first-order valence-electron chi connectivity index (χ1n) is 8.48. The summed E-state index contributed by atoms with van der Waals surface area (Å²) in [5, 5.41) is 14.8. The summed E-state index contributed by atoms with van der Waals surface area (Å²) in [5.74, 6) is -0.389. The van der Waals surface area contributed by atoms with Crippen molar-refractivity contribution in [1.82, 2.24) is 10.2 Å². The first-order chi connectivity index (χ1) is 12.3. The molecule has 0 radical (unpaired) electrons. The molecule has 0 atom stereocenters. The highest BCUT2D eigenvalue weighted by atomic mass is 35.5. The molecule has 26 heavy (non-hydrogen) atoms. The number of carbonyl (C=O) groups is 3. The fraction of sp³-hybridized carbons (Fsp3) is 0.444. The van der Waals surface area contributed by atoms with Crippen molar-refractivity contribution >= 4 is 35.1 Å². The summed E-state index contributed by atoms with van der Waals surface area (Å²) in [5.41, 5.74) is -0.381. The molecular formula is C18H19ClN4O3. The van der Waals surface area contributed by atoms with Crippen LogP contribution >= 0.6 is 11.6 Å². The molecule has 3 rings (SSSR count). The number of carbonyl (C=O) groups excluding carboxylic acids is 3. The smallest absolute Gasteiger partial charge is 0.323 e. The third kappa shape index (κ3) is 3.37. The third-order valence-electron chi connectivity index (χ3n) is 5.05. The molecule has 8 heteroatoms. The lowest BCUT2D eigenvalue weighted by Gasteiger charge is -2.33. The fourth-order valence-electron chi connectivity index (χ4n) is 3.46. The van der Waals surface area contributed by atoms with E-state index in [2.05, 4.69) is 17.6 Å². The van der Waals surface area contributed by atoms with Crippen molar-refractivity contribution in [1.29, 1.82) is 5.26 Å². The summed E-state index contributed by atoms with van der Waals surface area (Å²) in [6.07, 6.45) is 2.90. The number of benzene rings is 1. The number of amides is 4. The molecular weight excluding hydrogens is 356 g/mol. The number of urea groups is 1. The first kappa shape index (κ1) is 18.2. The van der Waals surface area contributed by atoms with Gasteiger partial charge in [-0.05, 0) is 49.8 Å². The average Bonchev–Trinajstić information content (AvgIpc) is 2.82. The van der Waals surface area contributed by atoms with Crippen LogP contribution in [0.1, 0.15) is 38.2 Å². The molecule has 0 aromatic heterocycles. The van der Waals surface area contributed by atoms with Gasteiger partial charge in [-0.15, -0.1) is 0 Å². The molecule has 1 aliphatic heterocycles. The topological polar surface area (TPSA) is 102 Å². The first-order valence-corrected chi connectivity index (χ1v) is 8.86. The predicted octanol–water partition coefficient (Wildman–Crippen LogP) is 2.65. The van der Waals surface area contributed by atoms with Gasteiger partial charge in [-0.1, -0.05) is 18.5 Å². The number of imide groups is 1. The van der Waals surface area contributed by atoms with Crippen molar-refractivity contribution in [2.45, 2.75) is 38.1 Å². The molecule has 2 aliphatic rings. The lowest BCUT2D eigenvalue weighted by molar-refractivity contribution is -0.135. The van der Waals surface area contributed by atoms with Crippen LogP contribution in [0.4, 0.5) is 10.5 Å². The van der Waals surface area contributed by atoms with E-state index in [1.54, 1.807) is 6.07 Å². The summed E-state index contributed by atoms with van der Waals surface area (Å²) in [7, 11) is 0. The van der Waals surface area contributed by atoms with Gasteiger partial charge in [0.2, 0.25) is 5.91 Å². The van der Waals surface area contributed by atoms with Crippen LogP contribution in [0.15, 0.2) is 18.2 Å². The maximum absolute atomic E-state index is 12.8. The minimum atomic E-state index is -0.877. The molecule has 4 amide bonds. The number of nitrogens with one attached hydrogen (secondary N) is 2. The van der Waals surface area contributed by atoms with E-state index >= 15 is 0 Å². The van der Waals surface area contributed by atoms with Gasteiger partial charge in [-0.2, -0.15) is 5.26 Å². The molecule has 1 aromatic carbocycles. The minimum Gasteiger partial charge on any atom is -0.323 e. The van der Waals surface area contributed by atoms with E-state index in [0.717, 1.165) is 17.7 Å². The second kappa shape index (κ2) is 6.96. The zero-order chi connectivity index (χ0) is 18.9. The summed E-state index contributed by atoms with van der Waals surface area (Å²) < 4.78 is 0. The Labute approximate surface area is 156 Å². The Kier molecular flexibility index (Phi) is 4.88. The van der Waals surface area contributed by atoms with E-state index < -0.39 is 24.0 Å². The highest BCUT2D eigenvalue weighted by molar-refractivity contribution is 6.31. The van der Waals surface area contributed by atoms with Gasteiger partial charge < -0.3 is 10.6 Å². The zero-order valence-electron chi connectivity index (χ0n) is 14.3. The van der Waals surface area contributed by atoms with Crippen LogP contribution in [0, 0.1) is 17.2 Å². The Morgan fingerprint density at radius 1 is 1.42 bits per heavy atom. The van der Waals surface area contributed by atoms with Crippen LogP contribution in [0.5, 0.6) is 0 Å². The molecule has 2 fully saturated rings. The Bertz CT molecular complexity index is 809. The van der Waals surface area contributed by atoms with Gasteiger partial charge >= 0.3 is 6.03 Å². The molecule has 1 saturated carbocycles. The normalized spacial score (nSPS) is 25.1. The summed E-state index contributed by atoms with van der Waals surface area (Å²) in [4.78, 5) is 38.3. The number of halogens is 1. The maximum Gasteiger partial charge on any atom is 0.325 e. The highest BCUT2D eigenvalue weighted by Crippen LogP contribution is 2.36. The molecule has 1 aliphatic carbocycles. The largest absolute Gasteiger partial charge is 0.325 e. The number of nitriles is 1. The van der Waals surface area contributed by atoms with Gasteiger partial charge in [-0.3, -0.25) is 14.5 Å². The monoisotopic (exact) mass is 374 g/mol. The second-order valence-corrected chi connectivity index (χ2v) is 7.37. The Hall–Kier alpha value is -2.59. The SMILES string of the molecule is CC1CCC2(CC1)NC(=O)N(CC(=O)Nc1cc(Cl)ccc1C#N)C2=O. The predicted molar refractivity (Wildman–Crippen MR) is 95.4 cm³/mol. The van der Waals surface area contributed by atoms with Crippen LogP contribution in [0.2, 0.25) is 5.02 Å². The van der Waals surface area contributed by atoms with Gasteiger partial charge in [0.25, 0.3) is 5.91 Å². The highest BCUT2D eigenvalue weighted by Gasteiger charge is 2.52. The summed E-state index contributed by atoms with van der Waals surface area (Å²) in [6.45, 7) is 1.72. The zero-order valence-corrected chi connectivity index (χ0v) is 15.1. The number of rotatable bonds is 3. The van der Waals surface area contributed by atoms with Crippen molar-refractivity contribution in [3.8, 4) is 6.07 Å². The van der Waals surface area contributed by atoms with E-state index in [9.17, 15) is 14.4 Å². The second-order valence-electron chi connectivity index (χ2n) is 6.94. The van der Waals surface area contributed by atoms with E-state index in [-0.39, 0.29) is 17.2 Å². The van der Waals surface area contributed by atoms with Gasteiger partial charge in [0.1, 0.15) is 18.2 Å². The molecule has 0 unspecified atom stereocenters. The fourth-order valence-corrected chi connectivity index (χ4v) is 3.64. The Morgan fingerprint density at radius 3 is 2.77 bits per heavy atom. The third-order valence-corrected chi connectivity index (χ3v) is 5.29. The number of anilines is 1. The number of nitrogens with zero attached hydrogens (tertiary/aromatic N) is 2. The van der Waals surface area contributed by atoms with Gasteiger partial charge in [0.05, 0.1) is 11.3 Å². The number of hydrogen-bond acceptors (Lipinski definition) is 4. The van der Waals surface area contributed by atoms with Crippen LogP contribution in [0.3, 0.4) is 0 Å². The van der Waals surface area contributed by atoms with Crippen molar-refractivity contribution in [2.24, 2.45) is 5.92 Å². The summed E-state index contributed by atoms with van der Waals surface area (Å²) >= 11 is 5.89. The van der Waals surface area contributed by atoms with Crippen molar-refractivity contribution in [2.75, 3.05) is 11.9 Å². The van der Waals surface area contributed by atoms with E-state index in [1.807, 2.05) is 6.07 Å². The Balaban J connectivity index is 1.70. The van der Waals surface area contributed by atoms with E-state index in [1.165, 1.54) is 12.1 Å². The molecule has 7 nitrogen and oxygen atoms in total. The van der Waals surface area contributed by atoms with Gasteiger partial charge in [0, 0.05) is 5.02 Å². The lowest BCUT2D eigenvalue weighted by Crippen LogP contribution is -2.49. The molecule has 0 bridgehead atoms. The standard InChI is InChI=1S/C18H19ClN4O3/c1-11-4-6-18(7-5-11)16(25)23(17(26)22-18)10-15(24)21-14-8-13(19)3-2-12(14)9-20/h2-3,8,11H,4-7,10H2,1H3,(H,21,24)(H,22,26). The average molecular weight is 375 g/mol.